The first-order valence-electron chi connectivity index (χ1n) is 5.91. The van der Waals surface area contributed by atoms with Crippen LogP contribution in [0.2, 0.25) is 5.02 Å². The third-order valence-electron chi connectivity index (χ3n) is 3.18. The van der Waals surface area contributed by atoms with Crippen molar-refractivity contribution in [2.75, 3.05) is 11.9 Å². The molecule has 1 aliphatic rings. The number of aliphatic carboxylic acids is 1. The van der Waals surface area contributed by atoms with E-state index >= 15 is 0 Å². The number of ether oxygens (including phenoxy) is 1. The summed E-state index contributed by atoms with van der Waals surface area (Å²) in [5.41, 5.74) is -0.487. The minimum absolute atomic E-state index is 0.174. The van der Waals surface area contributed by atoms with Crippen LogP contribution in [0.15, 0.2) is 18.2 Å². The lowest BCUT2D eigenvalue weighted by atomic mass is 9.99. The highest BCUT2D eigenvalue weighted by Crippen LogP contribution is 2.29. The number of amides is 1. The maximum Gasteiger partial charge on any atom is 0.345 e. The van der Waals surface area contributed by atoms with Crippen LogP contribution in [0, 0.1) is 6.92 Å². The number of benzene rings is 1. The van der Waals surface area contributed by atoms with Crippen molar-refractivity contribution in [3.8, 4) is 0 Å². The lowest BCUT2D eigenvalue weighted by Gasteiger charge is -2.22. The SMILES string of the molecule is Cc1ccc(Cl)cc1NC(=O)C1(C(=O)O)CCCO1. The Hall–Kier alpha value is -1.59. The van der Waals surface area contributed by atoms with Crippen molar-refractivity contribution < 1.29 is 19.4 Å². The lowest BCUT2D eigenvalue weighted by molar-refractivity contribution is -0.165. The van der Waals surface area contributed by atoms with Crippen LogP contribution >= 0.6 is 11.6 Å². The summed E-state index contributed by atoms with van der Waals surface area (Å²) in [6.45, 7) is 2.07. The van der Waals surface area contributed by atoms with Gasteiger partial charge in [-0.1, -0.05) is 17.7 Å². The molecule has 5 nitrogen and oxygen atoms in total. The molecule has 1 unspecified atom stereocenters. The lowest BCUT2D eigenvalue weighted by Crippen LogP contribution is -2.49. The molecule has 0 spiro atoms. The van der Waals surface area contributed by atoms with Gasteiger partial charge in [-0.3, -0.25) is 4.79 Å². The number of carbonyl (C=O) groups excluding carboxylic acids is 1. The van der Waals surface area contributed by atoms with E-state index in [1.165, 1.54) is 0 Å². The van der Waals surface area contributed by atoms with Crippen LogP contribution in [0.4, 0.5) is 5.69 Å². The standard InChI is InChI=1S/C13H14ClNO4/c1-8-3-4-9(14)7-10(8)15-11(16)13(12(17)18)5-2-6-19-13/h3-4,7H,2,5-6H2,1H3,(H,15,16)(H,17,18). The molecule has 1 amide bonds. The fraction of sp³-hybridized carbons (Fsp3) is 0.385. The average Bonchev–Trinajstić information content (AvgIpc) is 2.84. The number of rotatable bonds is 3. The zero-order chi connectivity index (χ0) is 14.0. The number of carboxylic acid groups (broad SMARTS) is 1. The summed E-state index contributed by atoms with van der Waals surface area (Å²) in [7, 11) is 0. The van der Waals surface area contributed by atoms with Gasteiger partial charge in [0.15, 0.2) is 0 Å². The average molecular weight is 284 g/mol. The predicted molar refractivity (Wildman–Crippen MR) is 70.4 cm³/mol. The third-order valence-corrected chi connectivity index (χ3v) is 3.42. The van der Waals surface area contributed by atoms with Gasteiger partial charge in [-0.05, 0) is 37.5 Å². The summed E-state index contributed by atoms with van der Waals surface area (Å²) in [6, 6.07) is 5.03. The first-order valence-corrected chi connectivity index (χ1v) is 6.28. The van der Waals surface area contributed by atoms with E-state index in [0.717, 1.165) is 5.56 Å². The van der Waals surface area contributed by atoms with Gasteiger partial charge in [-0.25, -0.2) is 4.79 Å². The maximum atomic E-state index is 12.2. The molecule has 2 N–H and O–H groups in total. The highest BCUT2D eigenvalue weighted by atomic mass is 35.5. The molecule has 1 aromatic carbocycles. The van der Waals surface area contributed by atoms with Crippen LogP contribution in [0.25, 0.3) is 0 Å². The Labute approximate surface area is 115 Å². The molecule has 0 aromatic heterocycles. The Morgan fingerprint density at radius 3 is 2.79 bits per heavy atom. The van der Waals surface area contributed by atoms with Crippen molar-refractivity contribution in [2.24, 2.45) is 0 Å². The molecular formula is C13H14ClNO4. The molecule has 102 valence electrons. The number of anilines is 1. The quantitative estimate of drug-likeness (QED) is 0.834. The van der Waals surface area contributed by atoms with Crippen LogP contribution in [0.1, 0.15) is 18.4 Å². The molecule has 19 heavy (non-hydrogen) atoms. The Morgan fingerprint density at radius 1 is 1.47 bits per heavy atom. The second-order valence-electron chi connectivity index (χ2n) is 4.50. The van der Waals surface area contributed by atoms with E-state index < -0.39 is 17.5 Å². The maximum absolute atomic E-state index is 12.2. The highest BCUT2D eigenvalue weighted by Gasteiger charge is 2.50. The largest absolute Gasteiger partial charge is 0.479 e. The van der Waals surface area contributed by atoms with Crippen molar-refractivity contribution >= 4 is 29.2 Å². The summed E-state index contributed by atoms with van der Waals surface area (Å²) in [5.74, 6) is -1.93. The van der Waals surface area contributed by atoms with Gasteiger partial charge in [0.05, 0.1) is 0 Å². The second kappa shape index (κ2) is 5.19. The van der Waals surface area contributed by atoms with Crippen molar-refractivity contribution in [1.29, 1.82) is 0 Å². The van der Waals surface area contributed by atoms with Crippen LogP contribution in [-0.2, 0) is 14.3 Å². The van der Waals surface area contributed by atoms with E-state index in [1.807, 2.05) is 0 Å². The Kier molecular flexibility index (Phi) is 3.78. The first kappa shape index (κ1) is 13.8. The van der Waals surface area contributed by atoms with E-state index in [1.54, 1.807) is 25.1 Å². The zero-order valence-corrected chi connectivity index (χ0v) is 11.2. The van der Waals surface area contributed by atoms with Gasteiger partial charge in [0.1, 0.15) is 0 Å². The molecule has 6 heteroatoms. The van der Waals surface area contributed by atoms with Crippen LogP contribution < -0.4 is 5.32 Å². The molecule has 0 radical (unpaired) electrons. The Balaban J connectivity index is 2.25. The summed E-state index contributed by atoms with van der Waals surface area (Å²) < 4.78 is 5.16. The minimum atomic E-state index is -1.78. The molecule has 1 atom stereocenters. The summed E-state index contributed by atoms with van der Waals surface area (Å²) in [6.07, 6.45) is 0.724. The highest BCUT2D eigenvalue weighted by molar-refractivity contribution is 6.31. The molecule has 1 saturated heterocycles. The number of hydrogen-bond acceptors (Lipinski definition) is 3. The van der Waals surface area contributed by atoms with E-state index in [0.29, 0.717) is 17.1 Å². The Bertz CT molecular complexity index is 523. The number of carbonyl (C=O) groups is 2. The molecule has 0 bridgehead atoms. The normalized spacial score (nSPS) is 22.2. The van der Waals surface area contributed by atoms with Gasteiger partial charge in [0.2, 0.25) is 5.60 Å². The second-order valence-corrected chi connectivity index (χ2v) is 4.93. The summed E-state index contributed by atoms with van der Waals surface area (Å²) in [4.78, 5) is 23.5. The van der Waals surface area contributed by atoms with Crippen LogP contribution in [0.3, 0.4) is 0 Å². The van der Waals surface area contributed by atoms with Crippen LogP contribution in [0.5, 0.6) is 0 Å². The number of aryl methyl sites for hydroxylation is 1. The van der Waals surface area contributed by atoms with E-state index in [4.69, 9.17) is 16.3 Å². The van der Waals surface area contributed by atoms with Crippen LogP contribution in [-0.4, -0.2) is 29.2 Å². The third kappa shape index (κ3) is 2.57. The van der Waals surface area contributed by atoms with Gasteiger partial charge >= 0.3 is 5.97 Å². The topological polar surface area (TPSA) is 75.6 Å². The monoisotopic (exact) mass is 283 g/mol. The van der Waals surface area contributed by atoms with Crippen molar-refractivity contribution in [3.63, 3.8) is 0 Å². The predicted octanol–water partition coefficient (Wildman–Crippen LogP) is 2.22. The minimum Gasteiger partial charge on any atom is -0.479 e. The Morgan fingerprint density at radius 2 is 2.21 bits per heavy atom. The number of carboxylic acids is 1. The van der Waals surface area contributed by atoms with Crippen molar-refractivity contribution in [2.45, 2.75) is 25.4 Å². The smallest absolute Gasteiger partial charge is 0.345 e. The van der Waals surface area contributed by atoms with Gasteiger partial charge in [-0.2, -0.15) is 0 Å². The molecule has 1 aliphatic heterocycles. The molecule has 0 aliphatic carbocycles. The number of hydrogen-bond donors (Lipinski definition) is 2. The fourth-order valence-electron chi connectivity index (χ4n) is 2.04. The van der Waals surface area contributed by atoms with Gasteiger partial charge in [0.25, 0.3) is 5.91 Å². The van der Waals surface area contributed by atoms with Crippen molar-refractivity contribution in [3.05, 3.63) is 28.8 Å². The van der Waals surface area contributed by atoms with Gasteiger partial charge in [0, 0.05) is 17.3 Å². The van der Waals surface area contributed by atoms with Gasteiger partial charge < -0.3 is 15.2 Å². The van der Waals surface area contributed by atoms with E-state index in [9.17, 15) is 14.7 Å². The first-order chi connectivity index (χ1) is 8.95. The molecule has 1 heterocycles. The molecule has 0 saturated carbocycles. The molecule has 1 fully saturated rings. The van der Waals surface area contributed by atoms with Crippen molar-refractivity contribution in [1.82, 2.24) is 0 Å². The fourth-order valence-corrected chi connectivity index (χ4v) is 2.21. The summed E-state index contributed by atoms with van der Waals surface area (Å²) >= 11 is 5.86. The summed E-state index contributed by atoms with van der Waals surface area (Å²) in [5, 5.41) is 12.3. The molecule has 2 rings (SSSR count). The zero-order valence-electron chi connectivity index (χ0n) is 10.4. The number of halogens is 1. The van der Waals surface area contributed by atoms with Gasteiger partial charge in [-0.15, -0.1) is 0 Å². The number of nitrogens with one attached hydrogen (secondary N) is 1. The molecular weight excluding hydrogens is 270 g/mol. The van der Waals surface area contributed by atoms with E-state index in [-0.39, 0.29) is 13.0 Å². The van der Waals surface area contributed by atoms with E-state index in [2.05, 4.69) is 5.32 Å². The molecule has 1 aromatic rings.